The van der Waals surface area contributed by atoms with Gasteiger partial charge in [-0.05, 0) is 38.3 Å². The van der Waals surface area contributed by atoms with Gasteiger partial charge in [-0.3, -0.25) is 5.10 Å². The summed E-state index contributed by atoms with van der Waals surface area (Å²) in [5.74, 6) is 0.903. The summed E-state index contributed by atoms with van der Waals surface area (Å²) in [6, 6.07) is 2.44. The van der Waals surface area contributed by atoms with Crippen molar-refractivity contribution >= 4 is 0 Å². The van der Waals surface area contributed by atoms with Crippen LogP contribution in [-0.2, 0) is 0 Å². The van der Waals surface area contributed by atoms with E-state index in [1.807, 2.05) is 12.3 Å². The van der Waals surface area contributed by atoms with Crippen LogP contribution in [0.1, 0.15) is 44.3 Å². The Bertz CT molecular complexity index is 250. The fourth-order valence-electron chi connectivity index (χ4n) is 2.18. The molecular formula is C11H19N3. The number of nitrogens with zero attached hydrogens (tertiary/aromatic N) is 1. The van der Waals surface area contributed by atoms with Crippen LogP contribution in [0.2, 0.25) is 0 Å². The van der Waals surface area contributed by atoms with Gasteiger partial charge in [0.1, 0.15) is 0 Å². The number of hydrogen-bond acceptors (Lipinski definition) is 2. The summed E-state index contributed by atoms with van der Waals surface area (Å²) in [5.41, 5.74) is 1.18. The molecule has 2 rings (SSSR count). The summed E-state index contributed by atoms with van der Waals surface area (Å²) in [5, 5.41) is 10.5. The summed E-state index contributed by atoms with van der Waals surface area (Å²) < 4.78 is 0. The largest absolute Gasteiger partial charge is 0.309 e. The van der Waals surface area contributed by atoms with Crippen molar-refractivity contribution in [3.63, 3.8) is 0 Å². The number of aromatic amines is 1. The molecule has 2 N–H and O–H groups in total. The maximum atomic E-state index is 3.96. The molecule has 3 heteroatoms. The SMILES string of the molecule is CC(NCC1CCCC1)c1ccn[nH]1. The molecule has 78 valence electrons. The Hall–Kier alpha value is -0.830. The molecule has 0 bridgehead atoms. The second-order valence-corrected chi connectivity index (χ2v) is 4.29. The van der Waals surface area contributed by atoms with Crippen molar-refractivity contribution < 1.29 is 0 Å². The van der Waals surface area contributed by atoms with Crippen LogP contribution in [0, 0.1) is 5.92 Å². The van der Waals surface area contributed by atoms with E-state index in [-0.39, 0.29) is 0 Å². The molecule has 1 atom stereocenters. The first-order chi connectivity index (χ1) is 6.86. The molecule has 3 nitrogen and oxygen atoms in total. The van der Waals surface area contributed by atoms with Crippen molar-refractivity contribution in [1.29, 1.82) is 0 Å². The standard InChI is InChI=1S/C11H19N3/c1-9(11-6-7-13-14-11)12-8-10-4-2-3-5-10/h6-7,9-10,12H,2-5,8H2,1H3,(H,13,14). The first kappa shape index (κ1) is 9.71. The Labute approximate surface area is 85.3 Å². The van der Waals surface area contributed by atoms with Gasteiger partial charge in [-0.1, -0.05) is 12.8 Å². The Morgan fingerprint density at radius 3 is 3.00 bits per heavy atom. The second kappa shape index (κ2) is 4.60. The van der Waals surface area contributed by atoms with Crippen LogP contribution in [0.15, 0.2) is 12.3 Å². The van der Waals surface area contributed by atoms with Gasteiger partial charge in [-0.15, -0.1) is 0 Å². The molecular weight excluding hydrogens is 174 g/mol. The number of aromatic nitrogens is 2. The average molecular weight is 193 g/mol. The molecule has 1 unspecified atom stereocenters. The van der Waals surface area contributed by atoms with Gasteiger partial charge in [0.15, 0.2) is 0 Å². The van der Waals surface area contributed by atoms with E-state index in [2.05, 4.69) is 22.4 Å². The fraction of sp³-hybridized carbons (Fsp3) is 0.727. The molecule has 0 aliphatic heterocycles. The van der Waals surface area contributed by atoms with E-state index in [1.165, 1.54) is 31.4 Å². The Kier molecular flexibility index (Phi) is 3.19. The van der Waals surface area contributed by atoms with Gasteiger partial charge < -0.3 is 5.32 Å². The smallest absolute Gasteiger partial charge is 0.0518 e. The minimum Gasteiger partial charge on any atom is -0.309 e. The molecule has 1 aromatic rings. The van der Waals surface area contributed by atoms with Crippen molar-refractivity contribution in [1.82, 2.24) is 15.5 Å². The Morgan fingerprint density at radius 2 is 2.36 bits per heavy atom. The third-order valence-electron chi connectivity index (χ3n) is 3.18. The van der Waals surface area contributed by atoms with E-state index in [9.17, 15) is 0 Å². The zero-order valence-corrected chi connectivity index (χ0v) is 8.79. The number of nitrogens with one attached hydrogen (secondary N) is 2. The normalized spacial score (nSPS) is 20.1. The van der Waals surface area contributed by atoms with Crippen molar-refractivity contribution in [2.75, 3.05) is 6.54 Å². The lowest BCUT2D eigenvalue weighted by atomic mass is 10.1. The molecule has 1 heterocycles. The van der Waals surface area contributed by atoms with Crippen LogP contribution in [0.5, 0.6) is 0 Å². The van der Waals surface area contributed by atoms with Crippen LogP contribution < -0.4 is 5.32 Å². The van der Waals surface area contributed by atoms with E-state index in [0.717, 1.165) is 12.5 Å². The molecule has 0 radical (unpaired) electrons. The summed E-state index contributed by atoms with van der Waals surface area (Å²) >= 11 is 0. The van der Waals surface area contributed by atoms with Crippen LogP contribution >= 0.6 is 0 Å². The third kappa shape index (κ3) is 2.35. The lowest BCUT2D eigenvalue weighted by molar-refractivity contribution is 0.448. The molecule has 1 aromatic heterocycles. The predicted molar refractivity (Wildman–Crippen MR) is 57.0 cm³/mol. The average Bonchev–Trinajstić information content (AvgIpc) is 2.87. The van der Waals surface area contributed by atoms with Gasteiger partial charge in [-0.2, -0.15) is 5.10 Å². The number of rotatable bonds is 4. The second-order valence-electron chi connectivity index (χ2n) is 4.29. The summed E-state index contributed by atoms with van der Waals surface area (Å²) in [6.45, 7) is 3.34. The molecule has 1 saturated carbocycles. The maximum absolute atomic E-state index is 3.96. The first-order valence-corrected chi connectivity index (χ1v) is 5.59. The van der Waals surface area contributed by atoms with Gasteiger partial charge in [0.2, 0.25) is 0 Å². The molecule has 1 aliphatic rings. The highest BCUT2D eigenvalue weighted by Crippen LogP contribution is 2.24. The topological polar surface area (TPSA) is 40.7 Å². The minimum atomic E-state index is 0.401. The van der Waals surface area contributed by atoms with Gasteiger partial charge >= 0.3 is 0 Å². The quantitative estimate of drug-likeness (QED) is 0.770. The third-order valence-corrected chi connectivity index (χ3v) is 3.18. The van der Waals surface area contributed by atoms with Crippen molar-refractivity contribution in [2.45, 2.75) is 38.6 Å². The summed E-state index contributed by atoms with van der Waals surface area (Å²) in [7, 11) is 0. The minimum absolute atomic E-state index is 0.401. The van der Waals surface area contributed by atoms with Crippen molar-refractivity contribution in [3.05, 3.63) is 18.0 Å². The van der Waals surface area contributed by atoms with Gasteiger partial charge in [-0.25, -0.2) is 0 Å². The molecule has 0 amide bonds. The highest BCUT2D eigenvalue weighted by atomic mass is 15.1. The lowest BCUT2D eigenvalue weighted by Crippen LogP contribution is -2.24. The van der Waals surface area contributed by atoms with Crippen LogP contribution in [0.25, 0.3) is 0 Å². The molecule has 1 aliphatic carbocycles. The highest BCUT2D eigenvalue weighted by molar-refractivity contribution is 5.02. The van der Waals surface area contributed by atoms with E-state index in [1.54, 1.807) is 0 Å². The predicted octanol–water partition coefficient (Wildman–Crippen LogP) is 2.25. The van der Waals surface area contributed by atoms with Gasteiger partial charge in [0.25, 0.3) is 0 Å². The highest BCUT2D eigenvalue weighted by Gasteiger charge is 2.15. The van der Waals surface area contributed by atoms with Crippen LogP contribution in [-0.4, -0.2) is 16.7 Å². The van der Waals surface area contributed by atoms with Crippen molar-refractivity contribution in [3.8, 4) is 0 Å². The molecule has 0 saturated heterocycles. The monoisotopic (exact) mass is 193 g/mol. The Balaban J connectivity index is 1.74. The lowest BCUT2D eigenvalue weighted by Gasteiger charge is -2.15. The fourth-order valence-corrected chi connectivity index (χ4v) is 2.18. The van der Waals surface area contributed by atoms with Crippen LogP contribution in [0.3, 0.4) is 0 Å². The van der Waals surface area contributed by atoms with Crippen LogP contribution in [0.4, 0.5) is 0 Å². The van der Waals surface area contributed by atoms with Gasteiger partial charge in [0.05, 0.1) is 5.69 Å². The van der Waals surface area contributed by atoms with Crippen molar-refractivity contribution in [2.24, 2.45) is 5.92 Å². The van der Waals surface area contributed by atoms with E-state index < -0.39 is 0 Å². The van der Waals surface area contributed by atoms with E-state index in [0.29, 0.717) is 6.04 Å². The summed E-state index contributed by atoms with van der Waals surface area (Å²) in [6.07, 6.45) is 7.46. The number of H-pyrrole nitrogens is 1. The van der Waals surface area contributed by atoms with E-state index >= 15 is 0 Å². The molecule has 14 heavy (non-hydrogen) atoms. The first-order valence-electron chi connectivity index (χ1n) is 5.59. The molecule has 0 spiro atoms. The Morgan fingerprint density at radius 1 is 1.57 bits per heavy atom. The molecule has 1 fully saturated rings. The van der Waals surface area contributed by atoms with Gasteiger partial charge in [0, 0.05) is 12.2 Å². The zero-order valence-electron chi connectivity index (χ0n) is 8.79. The number of hydrogen-bond donors (Lipinski definition) is 2. The maximum Gasteiger partial charge on any atom is 0.0518 e. The van der Waals surface area contributed by atoms with E-state index in [4.69, 9.17) is 0 Å². The summed E-state index contributed by atoms with van der Waals surface area (Å²) in [4.78, 5) is 0. The zero-order chi connectivity index (χ0) is 9.80. The molecule has 0 aromatic carbocycles.